The van der Waals surface area contributed by atoms with Crippen LogP contribution in [0.3, 0.4) is 0 Å². The Bertz CT molecular complexity index is 757. The van der Waals surface area contributed by atoms with Crippen LogP contribution in [0.25, 0.3) is 11.2 Å². The van der Waals surface area contributed by atoms with Gasteiger partial charge in [-0.3, -0.25) is 9.36 Å². The quantitative estimate of drug-likeness (QED) is 0.319. The predicted octanol–water partition coefficient (Wildman–Crippen LogP) is -3.75. The minimum Gasteiger partial charge on any atom is -0.548 e. The summed E-state index contributed by atoms with van der Waals surface area (Å²) in [5.74, 6) is -1.00. The maximum Gasteiger partial charge on any atom is 1.00 e. The Hall–Kier alpha value is -0.480. The molecule has 10 heteroatoms. The molecule has 7 nitrogen and oxygen atoms in total. The summed E-state index contributed by atoms with van der Waals surface area (Å²) in [4.78, 5) is 32.0. The monoisotopic (exact) mass is 320 g/mol. The van der Waals surface area contributed by atoms with Crippen molar-refractivity contribution in [3.63, 3.8) is 0 Å². The molecule has 0 saturated carbocycles. The van der Waals surface area contributed by atoms with Crippen molar-refractivity contribution < 1.29 is 39.5 Å². The van der Waals surface area contributed by atoms with Crippen LogP contribution < -0.4 is 40.2 Å². The number of hydrogen-bond donors (Lipinski definition) is 0. The van der Waals surface area contributed by atoms with Gasteiger partial charge in [-0.2, -0.15) is 0 Å². The maximum absolute atomic E-state index is 12.4. The normalized spacial score (nSPS) is 17.0. The van der Waals surface area contributed by atoms with E-state index in [2.05, 4.69) is 9.97 Å². The molecule has 0 saturated heterocycles. The van der Waals surface area contributed by atoms with Gasteiger partial charge in [0, 0.05) is 12.8 Å². The molecule has 2 aromatic heterocycles. The first-order chi connectivity index (χ1) is 9.04. The number of aromatic nitrogens is 4. The summed E-state index contributed by atoms with van der Waals surface area (Å²) in [6, 6.07) is -0.961. The van der Waals surface area contributed by atoms with Crippen molar-refractivity contribution in [2.24, 2.45) is 7.05 Å². The van der Waals surface area contributed by atoms with E-state index in [1.165, 1.54) is 28.1 Å². The first-order valence-corrected chi connectivity index (χ1v) is 7.62. The van der Waals surface area contributed by atoms with Gasteiger partial charge in [0.1, 0.15) is 0 Å². The third kappa shape index (κ3) is 2.21. The van der Waals surface area contributed by atoms with Crippen LogP contribution in [0, 0.1) is 0 Å². The first kappa shape index (κ1) is 15.9. The van der Waals surface area contributed by atoms with Crippen LogP contribution in [0.4, 0.5) is 0 Å². The second kappa shape index (κ2) is 5.72. The second-order valence-electron chi connectivity index (χ2n) is 4.05. The number of carboxylic acid groups (broad SMARTS) is 1. The zero-order chi connectivity index (χ0) is 13.7. The summed E-state index contributed by atoms with van der Waals surface area (Å²) in [5, 5.41) is 12.1. The molecular formula is C10H9N4NaO3S2. The molecule has 20 heavy (non-hydrogen) atoms. The van der Waals surface area contributed by atoms with Crippen LogP contribution in [-0.4, -0.2) is 37.1 Å². The number of carboxylic acids is 1. The summed E-state index contributed by atoms with van der Waals surface area (Å²) >= 11 is 2.63. The smallest absolute Gasteiger partial charge is 0.548 e. The Balaban J connectivity index is 0.00000147. The van der Waals surface area contributed by atoms with E-state index in [1.807, 2.05) is 6.26 Å². The second-order valence-corrected chi connectivity index (χ2v) is 5.81. The number of thioether (sulfide) groups is 2. The van der Waals surface area contributed by atoms with Gasteiger partial charge in [-0.25, -0.2) is 9.97 Å². The van der Waals surface area contributed by atoms with Gasteiger partial charge >= 0.3 is 29.6 Å². The number of nitrogens with zero attached hydrogens (tertiary/aromatic N) is 4. The van der Waals surface area contributed by atoms with Gasteiger partial charge in [0.05, 0.1) is 12.0 Å². The summed E-state index contributed by atoms with van der Waals surface area (Å²) in [7, 11) is 1.72. The Kier molecular flexibility index (Phi) is 4.55. The first-order valence-electron chi connectivity index (χ1n) is 5.41. The molecule has 100 valence electrons. The Morgan fingerprint density at radius 3 is 2.80 bits per heavy atom. The molecule has 0 N–H and O–H groups in total. The molecule has 0 amide bonds. The van der Waals surface area contributed by atoms with Crippen molar-refractivity contribution in [1.29, 1.82) is 0 Å². The van der Waals surface area contributed by atoms with Gasteiger partial charge in [0.25, 0.3) is 5.56 Å². The van der Waals surface area contributed by atoms with Crippen LogP contribution in [0.1, 0.15) is 6.04 Å². The molecule has 1 unspecified atom stereocenters. The molecule has 0 bridgehead atoms. The molecule has 1 aliphatic heterocycles. The standard InChI is InChI=1S/C10H10N4O3S2.Na/c1-13-5-6(11-9(13)18-2)12-10-14(7(5)15)4(3-19-10)8(16)17;/h4H,3H2,1-2H3,(H,16,17);/q;+1/p-1. The number of rotatable bonds is 2. The number of aliphatic carboxylic acids is 1. The van der Waals surface area contributed by atoms with E-state index in [4.69, 9.17) is 0 Å². The molecular weight excluding hydrogens is 311 g/mol. The van der Waals surface area contributed by atoms with E-state index in [1.54, 1.807) is 11.6 Å². The minimum absolute atomic E-state index is 0. The van der Waals surface area contributed by atoms with Crippen molar-refractivity contribution in [3.05, 3.63) is 10.4 Å². The molecule has 1 atom stereocenters. The number of carbonyl (C=O) groups is 1. The van der Waals surface area contributed by atoms with Gasteiger partial charge in [0.15, 0.2) is 21.5 Å². The molecule has 1 aliphatic rings. The van der Waals surface area contributed by atoms with E-state index in [0.29, 0.717) is 21.5 Å². The number of hydrogen-bond acceptors (Lipinski definition) is 7. The average molecular weight is 320 g/mol. The molecule has 0 aromatic carbocycles. The van der Waals surface area contributed by atoms with Gasteiger partial charge in [-0.05, 0) is 6.26 Å². The van der Waals surface area contributed by atoms with Gasteiger partial charge < -0.3 is 14.5 Å². The van der Waals surface area contributed by atoms with E-state index < -0.39 is 12.0 Å². The van der Waals surface area contributed by atoms with Crippen molar-refractivity contribution in [2.75, 3.05) is 12.0 Å². The number of imidazole rings is 1. The Morgan fingerprint density at radius 1 is 1.50 bits per heavy atom. The molecule has 0 spiro atoms. The molecule has 0 radical (unpaired) electrons. The average Bonchev–Trinajstić information content (AvgIpc) is 2.91. The molecule has 0 fully saturated rings. The molecule has 2 aromatic rings. The van der Waals surface area contributed by atoms with Crippen LogP contribution in [0.5, 0.6) is 0 Å². The summed E-state index contributed by atoms with van der Waals surface area (Å²) in [5.41, 5.74) is 0.297. The fraction of sp³-hybridized carbons (Fsp3) is 0.400. The van der Waals surface area contributed by atoms with Crippen molar-refractivity contribution in [2.45, 2.75) is 16.4 Å². The number of carbonyl (C=O) groups excluding carboxylic acids is 1. The predicted molar refractivity (Wildman–Crippen MR) is 69.3 cm³/mol. The van der Waals surface area contributed by atoms with Crippen LogP contribution >= 0.6 is 23.5 Å². The third-order valence-corrected chi connectivity index (χ3v) is 4.76. The van der Waals surface area contributed by atoms with Crippen molar-refractivity contribution in [3.8, 4) is 0 Å². The minimum atomic E-state index is -1.26. The summed E-state index contributed by atoms with van der Waals surface area (Å²) in [6.07, 6.45) is 1.85. The summed E-state index contributed by atoms with van der Waals surface area (Å²) < 4.78 is 2.83. The van der Waals surface area contributed by atoms with E-state index >= 15 is 0 Å². The van der Waals surface area contributed by atoms with Gasteiger partial charge in [-0.1, -0.05) is 23.5 Å². The SMILES string of the molecule is CSc1nc2nc3n(c(=O)c2n1C)C(C(=O)[O-])CS3.[Na+]. The van der Waals surface area contributed by atoms with E-state index in [-0.39, 0.29) is 40.9 Å². The van der Waals surface area contributed by atoms with Gasteiger partial charge in [-0.15, -0.1) is 0 Å². The number of fused-ring (bicyclic) bond motifs is 2. The zero-order valence-corrected chi connectivity index (χ0v) is 14.7. The van der Waals surface area contributed by atoms with Crippen molar-refractivity contribution in [1.82, 2.24) is 19.1 Å². The maximum atomic E-state index is 12.4. The molecule has 3 heterocycles. The van der Waals surface area contributed by atoms with E-state index in [0.717, 1.165) is 0 Å². The Morgan fingerprint density at radius 2 is 2.20 bits per heavy atom. The molecule has 3 rings (SSSR count). The van der Waals surface area contributed by atoms with Crippen LogP contribution in [0.15, 0.2) is 15.1 Å². The zero-order valence-electron chi connectivity index (χ0n) is 11.1. The van der Waals surface area contributed by atoms with Crippen LogP contribution in [0.2, 0.25) is 0 Å². The summed E-state index contributed by atoms with van der Waals surface area (Å²) in [6.45, 7) is 0. The van der Waals surface area contributed by atoms with Crippen LogP contribution in [-0.2, 0) is 11.8 Å². The van der Waals surface area contributed by atoms with E-state index in [9.17, 15) is 14.7 Å². The molecule has 0 aliphatic carbocycles. The fourth-order valence-electron chi connectivity index (χ4n) is 2.09. The fourth-order valence-corrected chi connectivity index (χ4v) is 3.72. The number of aryl methyl sites for hydroxylation is 1. The van der Waals surface area contributed by atoms with Gasteiger partial charge in [0.2, 0.25) is 0 Å². The Labute approximate surface area is 144 Å². The largest absolute Gasteiger partial charge is 1.00 e. The van der Waals surface area contributed by atoms with Crippen molar-refractivity contribution >= 4 is 40.7 Å². The third-order valence-electron chi connectivity index (χ3n) is 3.00. The topological polar surface area (TPSA) is 92.8 Å².